The summed E-state index contributed by atoms with van der Waals surface area (Å²) < 4.78 is 5.47. The Morgan fingerprint density at radius 1 is 1.50 bits per heavy atom. The first kappa shape index (κ1) is 9.62. The molecule has 0 spiro atoms. The SMILES string of the molecule is O=C1CCOC(c2cncc(Cl)c2)C1. The molecular weight excluding hydrogens is 202 g/mol. The van der Waals surface area contributed by atoms with Crippen LogP contribution in [0.2, 0.25) is 5.02 Å². The molecule has 0 bridgehead atoms. The molecular formula is C10H10ClNO2. The summed E-state index contributed by atoms with van der Waals surface area (Å²) in [5.74, 6) is 0.237. The summed E-state index contributed by atoms with van der Waals surface area (Å²) in [6, 6.07) is 1.79. The van der Waals surface area contributed by atoms with Crippen LogP contribution in [0.4, 0.5) is 0 Å². The van der Waals surface area contributed by atoms with Gasteiger partial charge in [0.1, 0.15) is 5.78 Å². The van der Waals surface area contributed by atoms with Crippen LogP contribution in [0.15, 0.2) is 18.5 Å². The number of carbonyl (C=O) groups is 1. The van der Waals surface area contributed by atoms with Gasteiger partial charge in [-0.2, -0.15) is 0 Å². The highest BCUT2D eigenvalue weighted by Gasteiger charge is 2.21. The van der Waals surface area contributed by atoms with E-state index in [1.165, 1.54) is 0 Å². The van der Waals surface area contributed by atoms with Crippen LogP contribution in [0.25, 0.3) is 0 Å². The Bertz CT molecular complexity index is 354. The van der Waals surface area contributed by atoms with Crippen molar-refractivity contribution >= 4 is 17.4 Å². The number of carbonyl (C=O) groups excluding carboxylic acids is 1. The molecule has 3 nitrogen and oxygen atoms in total. The predicted octanol–water partition coefficient (Wildman–Crippen LogP) is 2.16. The number of pyridine rings is 1. The number of halogens is 1. The molecule has 14 heavy (non-hydrogen) atoms. The normalized spacial score (nSPS) is 22.4. The molecule has 1 saturated heterocycles. The average molecular weight is 212 g/mol. The Hall–Kier alpha value is -0.930. The first-order chi connectivity index (χ1) is 6.75. The van der Waals surface area contributed by atoms with E-state index in [-0.39, 0.29) is 11.9 Å². The van der Waals surface area contributed by atoms with Crippen LogP contribution in [-0.4, -0.2) is 17.4 Å². The van der Waals surface area contributed by atoms with Gasteiger partial charge in [0, 0.05) is 30.8 Å². The number of hydrogen-bond donors (Lipinski definition) is 0. The molecule has 1 unspecified atom stereocenters. The predicted molar refractivity (Wildman–Crippen MR) is 52.2 cm³/mol. The lowest BCUT2D eigenvalue weighted by Crippen LogP contribution is -2.19. The Morgan fingerprint density at radius 3 is 3.07 bits per heavy atom. The molecule has 1 aromatic heterocycles. The van der Waals surface area contributed by atoms with Crippen LogP contribution in [0, 0.1) is 0 Å². The number of nitrogens with zero attached hydrogens (tertiary/aromatic N) is 1. The molecule has 2 rings (SSSR count). The smallest absolute Gasteiger partial charge is 0.138 e. The molecule has 2 heterocycles. The fraction of sp³-hybridized carbons (Fsp3) is 0.400. The second-order valence-corrected chi connectivity index (χ2v) is 3.73. The molecule has 0 aromatic carbocycles. The van der Waals surface area contributed by atoms with E-state index in [0.29, 0.717) is 24.5 Å². The molecule has 4 heteroatoms. The van der Waals surface area contributed by atoms with Crippen molar-refractivity contribution in [3.05, 3.63) is 29.0 Å². The van der Waals surface area contributed by atoms with Crippen molar-refractivity contribution in [3.63, 3.8) is 0 Å². The van der Waals surface area contributed by atoms with E-state index in [1.807, 2.05) is 0 Å². The minimum Gasteiger partial charge on any atom is -0.373 e. The quantitative estimate of drug-likeness (QED) is 0.715. The lowest BCUT2D eigenvalue weighted by molar-refractivity contribution is -0.128. The van der Waals surface area contributed by atoms with Gasteiger partial charge in [0.15, 0.2) is 0 Å². The molecule has 74 valence electrons. The topological polar surface area (TPSA) is 39.2 Å². The third kappa shape index (κ3) is 2.11. The van der Waals surface area contributed by atoms with E-state index in [9.17, 15) is 4.79 Å². The van der Waals surface area contributed by atoms with Gasteiger partial charge in [-0.15, -0.1) is 0 Å². The van der Waals surface area contributed by atoms with Gasteiger partial charge in [0.2, 0.25) is 0 Å². The zero-order valence-corrected chi connectivity index (χ0v) is 8.33. The van der Waals surface area contributed by atoms with Crippen molar-refractivity contribution in [2.45, 2.75) is 18.9 Å². The summed E-state index contributed by atoms with van der Waals surface area (Å²) in [6.07, 6.45) is 4.04. The fourth-order valence-corrected chi connectivity index (χ4v) is 1.68. The summed E-state index contributed by atoms with van der Waals surface area (Å²) in [6.45, 7) is 0.496. The molecule has 0 radical (unpaired) electrons. The van der Waals surface area contributed by atoms with Gasteiger partial charge < -0.3 is 4.74 Å². The maximum atomic E-state index is 11.2. The Labute approximate surface area is 87.0 Å². The van der Waals surface area contributed by atoms with Gasteiger partial charge in [-0.05, 0) is 6.07 Å². The minimum atomic E-state index is -0.164. The van der Waals surface area contributed by atoms with Crippen LogP contribution in [0.1, 0.15) is 24.5 Å². The standard InChI is InChI=1S/C10H10ClNO2/c11-8-3-7(5-12-6-8)10-4-9(13)1-2-14-10/h3,5-6,10H,1-2,4H2. The second-order valence-electron chi connectivity index (χ2n) is 3.29. The molecule has 0 aliphatic carbocycles. The molecule has 1 aliphatic rings. The largest absolute Gasteiger partial charge is 0.373 e. The van der Waals surface area contributed by atoms with Gasteiger partial charge in [-0.25, -0.2) is 0 Å². The maximum Gasteiger partial charge on any atom is 0.138 e. The van der Waals surface area contributed by atoms with E-state index in [1.54, 1.807) is 18.5 Å². The van der Waals surface area contributed by atoms with Gasteiger partial charge in [0.25, 0.3) is 0 Å². The molecule has 0 amide bonds. The monoisotopic (exact) mass is 211 g/mol. The fourth-order valence-electron chi connectivity index (χ4n) is 1.50. The highest BCUT2D eigenvalue weighted by molar-refractivity contribution is 6.30. The zero-order chi connectivity index (χ0) is 9.97. The van der Waals surface area contributed by atoms with E-state index in [2.05, 4.69) is 4.98 Å². The van der Waals surface area contributed by atoms with Gasteiger partial charge in [0.05, 0.1) is 17.7 Å². The zero-order valence-electron chi connectivity index (χ0n) is 7.57. The Balaban J connectivity index is 2.17. The Kier molecular flexibility index (Phi) is 2.79. The highest BCUT2D eigenvalue weighted by Crippen LogP contribution is 2.26. The summed E-state index contributed by atoms with van der Waals surface area (Å²) >= 11 is 5.80. The van der Waals surface area contributed by atoms with Crippen LogP contribution < -0.4 is 0 Å². The Morgan fingerprint density at radius 2 is 2.36 bits per heavy atom. The highest BCUT2D eigenvalue weighted by atomic mass is 35.5. The maximum absolute atomic E-state index is 11.2. The van der Waals surface area contributed by atoms with Crippen molar-refractivity contribution in [1.29, 1.82) is 0 Å². The summed E-state index contributed by atoms with van der Waals surface area (Å²) in [5, 5.41) is 0.573. The van der Waals surface area contributed by atoms with Crippen LogP contribution in [-0.2, 0) is 9.53 Å². The number of Topliss-reactive ketones (excluding diaryl/α,β-unsaturated/α-hetero) is 1. The third-order valence-electron chi connectivity index (χ3n) is 2.21. The first-order valence-corrected chi connectivity index (χ1v) is 4.87. The number of ether oxygens (including phenoxy) is 1. The van der Waals surface area contributed by atoms with Crippen molar-refractivity contribution in [2.24, 2.45) is 0 Å². The summed E-state index contributed by atoms with van der Waals surface area (Å²) in [5.41, 5.74) is 0.880. The van der Waals surface area contributed by atoms with Crippen LogP contribution in [0.3, 0.4) is 0 Å². The molecule has 1 fully saturated rings. The number of aromatic nitrogens is 1. The molecule has 0 saturated carbocycles. The van der Waals surface area contributed by atoms with Gasteiger partial charge >= 0.3 is 0 Å². The van der Waals surface area contributed by atoms with Crippen molar-refractivity contribution in [1.82, 2.24) is 4.98 Å². The average Bonchev–Trinajstić information content (AvgIpc) is 2.18. The van der Waals surface area contributed by atoms with E-state index < -0.39 is 0 Å². The molecule has 1 aliphatic heterocycles. The van der Waals surface area contributed by atoms with E-state index in [4.69, 9.17) is 16.3 Å². The van der Waals surface area contributed by atoms with Crippen molar-refractivity contribution < 1.29 is 9.53 Å². The van der Waals surface area contributed by atoms with Crippen LogP contribution >= 0.6 is 11.6 Å². The first-order valence-electron chi connectivity index (χ1n) is 4.49. The third-order valence-corrected chi connectivity index (χ3v) is 2.42. The summed E-state index contributed by atoms with van der Waals surface area (Å²) in [7, 11) is 0. The second kappa shape index (κ2) is 4.07. The molecule has 1 atom stereocenters. The molecule has 1 aromatic rings. The van der Waals surface area contributed by atoms with Gasteiger partial charge in [-0.3, -0.25) is 9.78 Å². The van der Waals surface area contributed by atoms with E-state index >= 15 is 0 Å². The lowest BCUT2D eigenvalue weighted by Gasteiger charge is -2.21. The van der Waals surface area contributed by atoms with E-state index in [0.717, 1.165) is 5.56 Å². The van der Waals surface area contributed by atoms with Crippen LogP contribution in [0.5, 0.6) is 0 Å². The van der Waals surface area contributed by atoms with Gasteiger partial charge in [-0.1, -0.05) is 11.6 Å². The van der Waals surface area contributed by atoms with Crippen molar-refractivity contribution in [3.8, 4) is 0 Å². The number of rotatable bonds is 1. The lowest BCUT2D eigenvalue weighted by atomic mass is 10.0. The summed E-state index contributed by atoms with van der Waals surface area (Å²) in [4.78, 5) is 15.2. The number of hydrogen-bond acceptors (Lipinski definition) is 3. The number of ketones is 1. The minimum absolute atomic E-state index is 0.164. The molecule has 0 N–H and O–H groups in total. The van der Waals surface area contributed by atoms with Crippen molar-refractivity contribution in [2.75, 3.05) is 6.61 Å².